The van der Waals surface area contributed by atoms with Crippen molar-refractivity contribution >= 4 is 0 Å². The lowest BCUT2D eigenvalue weighted by atomic mass is 9.92. The van der Waals surface area contributed by atoms with Gasteiger partial charge < -0.3 is 0 Å². The van der Waals surface area contributed by atoms with Gasteiger partial charge in [-0.1, -0.05) is 35.5 Å². The molecule has 1 saturated carbocycles. The van der Waals surface area contributed by atoms with Gasteiger partial charge in [0, 0.05) is 0 Å². The van der Waals surface area contributed by atoms with Crippen molar-refractivity contribution in [1.29, 1.82) is 0 Å². The molecule has 1 rings (SSSR count). The molecule has 0 spiro atoms. The highest BCUT2D eigenvalue weighted by Crippen LogP contribution is 2.30. The standard InChI is InChI=1S/C15H24/c1-12(2)8-10-14(4)15-7-5-6-13(3)9-11-15/h8,10,15H,3,5-7,9,11H2,1-2,4H3. The molecule has 84 valence electrons. The van der Waals surface area contributed by atoms with E-state index in [9.17, 15) is 0 Å². The lowest BCUT2D eigenvalue weighted by Crippen LogP contribution is -1.99. The zero-order chi connectivity index (χ0) is 11.3. The Morgan fingerprint density at radius 3 is 2.53 bits per heavy atom. The highest BCUT2D eigenvalue weighted by molar-refractivity contribution is 5.17. The summed E-state index contributed by atoms with van der Waals surface area (Å²) in [6.45, 7) is 10.7. The van der Waals surface area contributed by atoms with Crippen molar-refractivity contribution in [2.45, 2.75) is 52.9 Å². The fourth-order valence-corrected chi connectivity index (χ4v) is 2.14. The summed E-state index contributed by atoms with van der Waals surface area (Å²) >= 11 is 0. The normalized spacial score (nSPS) is 23.5. The van der Waals surface area contributed by atoms with E-state index in [2.05, 4.69) is 39.5 Å². The van der Waals surface area contributed by atoms with Crippen LogP contribution in [0.5, 0.6) is 0 Å². The second kappa shape index (κ2) is 5.95. The van der Waals surface area contributed by atoms with Crippen LogP contribution < -0.4 is 0 Å². The fourth-order valence-electron chi connectivity index (χ4n) is 2.14. The van der Waals surface area contributed by atoms with E-state index in [1.165, 1.54) is 43.3 Å². The Balaban J connectivity index is 2.59. The molecule has 0 aromatic rings. The van der Waals surface area contributed by atoms with Crippen LogP contribution in [-0.4, -0.2) is 0 Å². The van der Waals surface area contributed by atoms with Crippen molar-refractivity contribution in [1.82, 2.24) is 0 Å². The van der Waals surface area contributed by atoms with Crippen molar-refractivity contribution in [3.8, 4) is 0 Å². The van der Waals surface area contributed by atoms with E-state index >= 15 is 0 Å². The average Bonchev–Trinajstić information content (AvgIpc) is 2.39. The first-order valence-corrected chi connectivity index (χ1v) is 6.08. The van der Waals surface area contributed by atoms with E-state index in [1.807, 2.05) is 0 Å². The number of rotatable bonds is 2. The molecule has 0 heterocycles. The molecule has 0 aliphatic heterocycles. The first kappa shape index (κ1) is 12.3. The Morgan fingerprint density at radius 1 is 1.13 bits per heavy atom. The summed E-state index contributed by atoms with van der Waals surface area (Å²) in [4.78, 5) is 0. The van der Waals surface area contributed by atoms with Gasteiger partial charge in [0.1, 0.15) is 0 Å². The van der Waals surface area contributed by atoms with Gasteiger partial charge in [-0.2, -0.15) is 0 Å². The second-order valence-electron chi connectivity index (χ2n) is 5.03. The van der Waals surface area contributed by atoms with Gasteiger partial charge in [0.2, 0.25) is 0 Å². The molecule has 0 saturated heterocycles. The molecule has 0 aromatic heterocycles. The molecule has 0 bridgehead atoms. The van der Waals surface area contributed by atoms with Crippen molar-refractivity contribution in [2.75, 3.05) is 0 Å². The fraction of sp³-hybridized carbons (Fsp3) is 0.600. The van der Waals surface area contributed by atoms with Crippen molar-refractivity contribution in [3.05, 3.63) is 35.5 Å². The summed E-state index contributed by atoms with van der Waals surface area (Å²) in [5.41, 5.74) is 4.38. The third-order valence-corrected chi connectivity index (χ3v) is 3.25. The number of hydrogen-bond donors (Lipinski definition) is 0. The van der Waals surface area contributed by atoms with Crippen molar-refractivity contribution in [3.63, 3.8) is 0 Å². The Morgan fingerprint density at radius 2 is 1.87 bits per heavy atom. The zero-order valence-corrected chi connectivity index (χ0v) is 10.5. The molecule has 0 N–H and O–H groups in total. The van der Waals surface area contributed by atoms with Gasteiger partial charge in [-0.3, -0.25) is 0 Å². The molecule has 1 fully saturated rings. The minimum atomic E-state index is 0.792. The molecule has 1 unspecified atom stereocenters. The van der Waals surface area contributed by atoms with Gasteiger partial charge in [0.05, 0.1) is 0 Å². The lowest BCUT2D eigenvalue weighted by Gasteiger charge is -2.14. The molecule has 0 amide bonds. The van der Waals surface area contributed by atoms with Crippen molar-refractivity contribution < 1.29 is 0 Å². The van der Waals surface area contributed by atoms with Gasteiger partial charge in [-0.05, 0) is 58.8 Å². The van der Waals surface area contributed by atoms with Gasteiger partial charge in [0.15, 0.2) is 0 Å². The predicted molar refractivity (Wildman–Crippen MR) is 68.9 cm³/mol. The van der Waals surface area contributed by atoms with Crippen LogP contribution in [0.15, 0.2) is 35.5 Å². The summed E-state index contributed by atoms with van der Waals surface area (Å²) in [5, 5.41) is 0. The van der Waals surface area contributed by atoms with Crippen LogP contribution in [0.3, 0.4) is 0 Å². The molecule has 0 heteroatoms. The van der Waals surface area contributed by atoms with Crippen molar-refractivity contribution in [2.24, 2.45) is 5.92 Å². The van der Waals surface area contributed by atoms with E-state index in [1.54, 1.807) is 5.57 Å². The molecule has 0 nitrogen and oxygen atoms in total. The highest BCUT2D eigenvalue weighted by Gasteiger charge is 2.14. The quantitative estimate of drug-likeness (QED) is 0.336. The smallest absolute Gasteiger partial charge is 0.0200 e. The maximum absolute atomic E-state index is 4.11. The topological polar surface area (TPSA) is 0 Å². The maximum Gasteiger partial charge on any atom is -0.0200 e. The first-order valence-electron chi connectivity index (χ1n) is 6.08. The number of allylic oxidation sites excluding steroid dienone is 5. The van der Waals surface area contributed by atoms with Gasteiger partial charge in [-0.25, -0.2) is 0 Å². The molecule has 0 radical (unpaired) electrons. The van der Waals surface area contributed by atoms with Crippen LogP contribution in [0.4, 0.5) is 0 Å². The summed E-state index contributed by atoms with van der Waals surface area (Å²) in [7, 11) is 0. The third kappa shape index (κ3) is 4.51. The van der Waals surface area contributed by atoms with Crippen LogP contribution in [0.2, 0.25) is 0 Å². The highest BCUT2D eigenvalue weighted by atomic mass is 14.2. The van der Waals surface area contributed by atoms with Crippen LogP contribution >= 0.6 is 0 Å². The Kier molecular flexibility index (Phi) is 4.87. The summed E-state index contributed by atoms with van der Waals surface area (Å²) in [6, 6.07) is 0. The minimum Gasteiger partial charge on any atom is -0.0999 e. The van der Waals surface area contributed by atoms with Gasteiger partial charge in [0.25, 0.3) is 0 Å². The SMILES string of the molecule is C=C1CCCC(C(C)=CC=C(C)C)CC1. The summed E-state index contributed by atoms with van der Waals surface area (Å²) in [6.07, 6.45) is 11.0. The lowest BCUT2D eigenvalue weighted by molar-refractivity contribution is 0.533. The predicted octanol–water partition coefficient (Wildman–Crippen LogP) is 5.04. The second-order valence-corrected chi connectivity index (χ2v) is 5.03. The molecule has 1 aliphatic rings. The van der Waals surface area contributed by atoms with Crippen LogP contribution in [0.1, 0.15) is 52.9 Å². The number of hydrogen-bond acceptors (Lipinski definition) is 0. The minimum absolute atomic E-state index is 0.792. The molecule has 1 atom stereocenters. The van der Waals surface area contributed by atoms with Gasteiger partial charge in [-0.15, -0.1) is 0 Å². The zero-order valence-electron chi connectivity index (χ0n) is 10.5. The van der Waals surface area contributed by atoms with Crippen LogP contribution in [-0.2, 0) is 0 Å². The summed E-state index contributed by atoms with van der Waals surface area (Å²) in [5.74, 6) is 0.792. The molecular weight excluding hydrogens is 180 g/mol. The largest absolute Gasteiger partial charge is 0.0999 e. The monoisotopic (exact) mass is 204 g/mol. The maximum atomic E-state index is 4.11. The van der Waals surface area contributed by atoms with E-state index in [0.29, 0.717) is 0 Å². The van der Waals surface area contributed by atoms with E-state index < -0.39 is 0 Å². The molecular formula is C15H24. The molecule has 1 aliphatic carbocycles. The third-order valence-electron chi connectivity index (χ3n) is 3.25. The van der Waals surface area contributed by atoms with E-state index in [-0.39, 0.29) is 0 Å². The first-order chi connectivity index (χ1) is 7.09. The average molecular weight is 204 g/mol. The van der Waals surface area contributed by atoms with E-state index in [4.69, 9.17) is 0 Å². The molecule has 0 aromatic carbocycles. The van der Waals surface area contributed by atoms with Crippen LogP contribution in [0.25, 0.3) is 0 Å². The summed E-state index contributed by atoms with van der Waals surface area (Å²) < 4.78 is 0. The Labute approximate surface area is 94.8 Å². The molecule has 15 heavy (non-hydrogen) atoms. The van der Waals surface area contributed by atoms with E-state index in [0.717, 1.165) is 5.92 Å². The Hall–Kier alpha value is -0.780. The van der Waals surface area contributed by atoms with Crippen LogP contribution in [0, 0.1) is 5.92 Å². The van der Waals surface area contributed by atoms with Gasteiger partial charge >= 0.3 is 0 Å². The Bertz CT molecular complexity index is 274.